The van der Waals surface area contributed by atoms with Crippen LogP contribution in [-0.2, 0) is 4.79 Å². The van der Waals surface area contributed by atoms with Crippen molar-refractivity contribution >= 4 is 17.6 Å². The lowest BCUT2D eigenvalue weighted by atomic mass is 10.0. The van der Waals surface area contributed by atoms with E-state index in [0.717, 1.165) is 0 Å². The molecule has 0 bridgehead atoms. The molecule has 0 aromatic carbocycles. The van der Waals surface area contributed by atoms with Gasteiger partial charge in [0, 0.05) is 6.20 Å². The van der Waals surface area contributed by atoms with Crippen molar-refractivity contribution in [1.29, 1.82) is 0 Å². The molecule has 0 amide bonds. The summed E-state index contributed by atoms with van der Waals surface area (Å²) in [6, 6.07) is 3.20. The van der Waals surface area contributed by atoms with Crippen LogP contribution in [0.25, 0.3) is 0 Å². The lowest BCUT2D eigenvalue weighted by Crippen LogP contribution is -2.07. The molecule has 1 aromatic rings. The minimum absolute atomic E-state index is 0.320. The molecule has 0 saturated heterocycles. The molecule has 1 rings (SSSR count). The van der Waals surface area contributed by atoms with E-state index in [4.69, 9.17) is 16.7 Å². The maximum atomic E-state index is 10.5. The quantitative estimate of drug-likeness (QED) is 0.717. The highest BCUT2D eigenvalue weighted by atomic mass is 35.5. The molecule has 0 aliphatic carbocycles. The fourth-order valence-electron chi connectivity index (χ4n) is 0.829. The molecule has 0 radical (unpaired) electrons. The Balaban J connectivity index is 2.95. The molecule has 64 valence electrons. The Morgan fingerprint density at radius 2 is 2.42 bits per heavy atom. The number of halogens is 1. The van der Waals surface area contributed by atoms with Gasteiger partial charge < -0.3 is 5.11 Å². The fourth-order valence-corrected chi connectivity index (χ4v) is 1.01. The van der Waals surface area contributed by atoms with Crippen molar-refractivity contribution in [2.45, 2.75) is 12.8 Å². The van der Waals surface area contributed by atoms with E-state index in [2.05, 4.69) is 4.98 Å². The largest absolute Gasteiger partial charge is 0.481 e. The summed E-state index contributed by atoms with van der Waals surface area (Å²) in [5, 5.41) is 8.98. The summed E-state index contributed by atoms with van der Waals surface area (Å²) in [6.07, 6.45) is 1.50. The van der Waals surface area contributed by atoms with Crippen LogP contribution >= 0.6 is 11.6 Å². The Kier molecular flexibility index (Phi) is 2.65. The van der Waals surface area contributed by atoms with Gasteiger partial charge in [-0.3, -0.25) is 4.79 Å². The number of nitrogens with zero attached hydrogens (tertiary/aromatic N) is 1. The van der Waals surface area contributed by atoms with E-state index in [9.17, 15) is 4.79 Å². The van der Waals surface area contributed by atoms with Crippen LogP contribution in [-0.4, -0.2) is 16.1 Å². The van der Waals surface area contributed by atoms with Crippen LogP contribution in [0.15, 0.2) is 18.3 Å². The lowest BCUT2D eigenvalue weighted by molar-refractivity contribution is -0.138. The number of aromatic nitrogens is 1. The number of carboxylic acids is 1. The summed E-state index contributed by atoms with van der Waals surface area (Å²) < 4.78 is 0. The molecule has 1 aromatic heterocycles. The lowest BCUT2D eigenvalue weighted by Gasteiger charge is -2.05. The Morgan fingerprint density at radius 1 is 1.75 bits per heavy atom. The molecule has 0 spiro atoms. The smallest absolute Gasteiger partial charge is 0.310 e. The van der Waals surface area contributed by atoms with Crippen molar-refractivity contribution in [3.8, 4) is 0 Å². The number of hydrogen-bond acceptors (Lipinski definition) is 2. The first-order valence-electron chi connectivity index (χ1n) is 3.45. The SMILES string of the molecule is CC(C(=O)O)c1ccnc(Cl)c1. The van der Waals surface area contributed by atoms with Gasteiger partial charge in [-0.2, -0.15) is 0 Å². The molecule has 1 unspecified atom stereocenters. The highest BCUT2D eigenvalue weighted by molar-refractivity contribution is 6.29. The van der Waals surface area contributed by atoms with Crippen molar-refractivity contribution in [1.82, 2.24) is 4.98 Å². The molecule has 1 atom stereocenters. The highest BCUT2D eigenvalue weighted by Gasteiger charge is 2.13. The van der Waals surface area contributed by atoms with Gasteiger partial charge in [-0.05, 0) is 24.6 Å². The van der Waals surface area contributed by atoms with E-state index in [1.807, 2.05) is 0 Å². The monoisotopic (exact) mass is 185 g/mol. The first-order valence-corrected chi connectivity index (χ1v) is 3.83. The topological polar surface area (TPSA) is 50.2 Å². The van der Waals surface area contributed by atoms with Gasteiger partial charge in [-0.15, -0.1) is 0 Å². The molecule has 0 aliphatic heterocycles. The molecule has 0 saturated carbocycles. The third-order valence-corrected chi connectivity index (χ3v) is 1.83. The van der Waals surface area contributed by atoms with E-state index in [1.54, 1.807) is 19.1 Å². The van der Waals surface area contributed by atoms with Gasteiger partial charge in [-0.1, -0.05) is 11.6 Å². The predicted molar refractivity (Wildman–Crippen MR) is 45.3 cm³/mol. The number of pyridine rings is 1. The molecular weight excluding hydrogens is 178 g/mol. The number of rotatable bonds is 2. The zero-order valence-corrected chi connectivity index (χ0v) is 7.25. The van der Waals surface area contributed by atoms with Crippen molar-refractivity contribution in [3.05, 3.63) is 29.0 Å². The minimum Gasteiger partial charge on any atom is -0.481 e. The second-order valence-electron chi connectivity index (χ2n) is 2.47. The third-order valence-electron chi connectivity index (χ3n) is 1.62. The Bertz CT molecular complexity index is 301. The van der Waals surface area contributed by atoms with Crippen LogP contribution in [0.2, 0.25) is 5.15 Å². The van der Waals surface area contributed by atoms with E-state index in [0.29, 0.717) is 10.7 Å². The second-order valence-corrected chi connectivity index (χ2v) is 2.86. The second kappa shape index (κ2) is 3.54. The Labute approximate surface area is 75.0 Å². The van der Waals surface area contributed by atoms with Crippen LogP contribution in [0, 0.1) is 0 Å². The van der Waals surface area contributed by atoms with Crippen LogP contribution in [0.1, 0.15) is 18.4 Å². The molecule has 0 aliphatic rings. The highest BCUT2D eigenvalue weighted by Crippen LogP contribution is 2.17. The summed E-state index contributed by atoms with van der Waals surface area (Å²) in [5.74, 6) is -1.40. The number of hydrogen-bond donors (Lipinski definition) is 1. The zero-order valence-electron chi connectivity index (χ0n) is 6.49. The van der Waals surface area contributed by atoms with Crippen molar-refractivity contribution in [2.24, 2.45) is 0 Å². The van der Waals surface area contributed by atoms with Gasteiger partial charge in [0.25, 0.3) is 0 Å². The van der Waals surface area contributed by atoms with E-state index in [-0.39, 0.29) is 0 Å². The molecule has 0 fully saturated rings. The molecule has 1 N–H and O–H groups in total. The first kappa shape index (κ1) is 9.00. The van der Waals surface area contributed by atoms with Gasteiger partial charge in [0.15, 0.2) is 0 Å². The van der Waals surface area contributed by atoms with E-state index < -0.39 is 11.9 Å². The number of carbonyl (C=O) groups is 1. The zero-order chi connectivity index (χ0) is 9.14. The minimum atomic E-state index is -0.864. The maximum Gasteiger partial charge on any atom is 0.310 e. The summed E-state index contributed by atoms with van der Waals surface area (Å²) in [5.41, 5.74) is 0.669. The van der Waals surface area contributed by atoms with E-state index in [1.165, 1.54) is 6.20 Å². The van der Waals surface area contributed by atoms with Gasteiger partial charge in [0.1, 0.15) is 5.15 Å². The maximum absolute atomic E-state index is 10.5. The fraction of sp³-hybridized carbons (Fsp3) is 0.250. The third kappa shape index (κ3) is 1.95. The standard InChI is InChI=1S/C8H8ClNO2/c1-5(8(11)12)6-2-3-10-7(9)4-6/h2-5H,1H3,(H,11,12). The number of carboxylic acid groups (broad SMARTS) is 1. The molecular formula is C8H8ClNO2. The van der Waals surface area contributed by atoms with Crippen molar-refractivity contribution in [2.75, 3.05) is 0 Å². The van der Waals surface area contributed by atoms with Crippen molar-refractivity contribution in [3.63, 3.8) is 0 Å². The number of aliphatic carboxylic acids is 1. The summed E-state index contributed by atoms with van der Waals surface area (Å²) >= 11 is 5.59. The van der Waals surface area contributed by atoms with Crippen LogP contribution < -0.4 is 0 Å². The molecule has 3 nitrogen and oxygen atoms in total. The summed E-state index contributed by atoms with van der Waals surface area (Å²) in [7, 11) is 0. The van der Waals surface area contributed by atoms with Gasteiger partial charge >= 0.3 is 5.97 Å². The molecule has 1 heterocycles. The van der Waals surface area contributed by atoms with Gasteiger partial charge in [0.2, 0.25) is 0 Å². The van der Waals surface area contributed by atoms with Crippen LogP contribution in [0.5, 0.6) is 0 Å². The average Bonchev–Trinajstić information content (AvgIpc) is 2.03. The van der Waals surface area contributed by atoms with Crippen LogP contribution in [0.4, 0.5) is 0 Å². The van der Waals surface area contributed by atoms with Crippen molar-refractivity contribution < 1.29 is 9.90 Å². The Morgan fingerprint density at radius 3 is 2.92 bits per heavy atom. The van der Waals surface area contributed by atoms with E-state index >= 15 is 0 Å². The Hall–Kier alpha value is -1.09. The first-order chi connectivity index (χ1) is 5.61. The van der Waals surface area contributed by atoms with Gasteiger partial charge in [-0.25, -0.2) is 4.98 Å². The van der Waals surface area contributed by atoms with Gasteiger partial charge in [0.05, 0.1) is 5.92 Å². The summed E-state index contributed by atoms with van der Waals surface area (Å²) in [4.78, 5) is 14.3. The average molecular weight is 186 g/mol. The molecule has 12 heavy (non-hydrogen) atoms. The van der Waals surface area contributed by atoms with Crippen LogP contribution in [0.3, 0.4) is 0 Å². The summed E-state index contributed by atoms with van der Waals surface area (Å²) in [6.45, 7) is 1.61. The predicted octanol–water partition coefficient (Wildman–Crippen LogP) is 1.92. The normalized spacial score (nSPS) is 12.5. The molecule has 4 heteroatoms.